The zero-order valence-corrected chi connectivity index (χ0v) is 27.7. The van der Waals surface area contributed by atoms with Gasteiger partial charge in [-0.25, -0.2) is 0 Å². The lowest BCUT2D eigenvalue weighted by Crippen LogP contribution is -2.43. The highest BCUT2D eigenvalue weighted by molar-refractivity contribution is 9.10. The van der Waals surface area contributed by atoms with Gasteiger partial charge in [0, 0.05) is 71.1 Å². The Morgan fingerprint density at radius 3 is 2.36 bits per heavy atom. The molecule has 1 atom stereocenters. The number of aryl methyl sites for hydroxylation is 3. The molecule has 2 amide bonds. The molecule has 2 aliphatic heterocycles. The number of likely N-dealkylation sites (tertiary alicyclic amines) is 2. The third kappa shape index (κ3) is 6.31. The van der Waals surface area contributed by atoms with Crippen molar-refractivity contribution in [1.82, 2.24) is 19.8 Å². The number of carbonyl (C=O) groups excluding carboxylic acids is 2. The summed E-state index contributed by atoms with van der Waals surface area (Å²) in [6.07, 6.45) is 11.4. The van der Waals surface area contributed by atoms with Crippen LogP contribution < -0.4 is 0 Å². The van der Waals surface area contributed by atoms with E-state index in [4.69, 9.17) is 16.6 Å². The minimum atomic E-state index is 0.0375. The second-order valence-corrected chi connectivity index (χ2v) is 14.3. The number of piperidine rings is 2. The van der Waals surface area contributed by atoms with Crippen LogP contribution >= 0.6 is 43.5 Å². The van der Waals surface area contributed by atoms with Crippen LogP contribution in [-0.2, 0) is 17.6 Å². The third-order valence-electron chi connectivity index (χ3n) is 9.27. The number of amides is 2. The van der Waals surface area contributed by atoms with Gasteiger partial charge in [0.25, 0.3) is 5.91 Å². The summed E-state index contributed by atoms with van der Waals surface area (Å²) < 4.78 is 2.06. The van der Waals surface area contributed by atoms with Gasteiger partial charge in [-0.1, -0.05) is 27.5 Å². The topological polar surface area (TPSA) is 66.4 Å². The van der Waals surface area contributed by atoms with Crippen molar-refractivity contribution in [2.75, 3.05) is 26.2 Å². The Kier molecular flexibility index (Phi) is 9.04. The van der Waals surface area contributed by atoms with Gasteiger partial charge in [-0.2, -0.15) is 0 Å². The van der Waals surface area contributed by atoms with Gasteiger partial charge in [-0.05, 0) is 120 Å². The van der Waals surface area contributed by atoms with Crippen LogP contribution in [0.25, 0.3) is 0 Å². The highest BCUT2D eigenvalue weighted by Gasteiger charge is 2.37. The van der Waals surface area contributed by atoms with E-state index in [1.165, 1.54) is 16.7 Å². The van der Waals surface area contributed by atoms with Gasteiger partial charge in [-0.3, -0.25) is 19.6 Å². The molecule has 0 spiro atoms. The fourth-order valence-corrected chi connectivity index (χ4v) is 8.58. The van der Waals surface area contributed by atoms with Gasteiger partial charge in [0.15, 0.2) is 0 Å². The molecule has 9 heteroatoms. The van der Waals surface area contributed by atoms with Gasteiger partial charge in [0.2, 0.25) is 5.91 Å². The summed E-state index contributed by atoms with van der Waals surface area (Å²) in [4.78, 5) is 39.4. The number of carbonyl (C=O) groups is 2. The van der Waals surface area contributed by atoms with Crippen molar-refractivity contribution < 1.29 is 9.59 Å². The molecule has 0 N–H and O–H groups in total. The molecule has 0 saturated carbocycles. The minimum absolute atomic E-state index is 0.0375. The van der Waals surface area contributed by atoms with Crippen molar-refractivity contribution in [2.45, 2.75) is 57.8 Å². The number of halogens is 3. The summed E-state index contributed by atoms with van der Waals surface area (Å²) in [5.74, 6) is 1.16. The molecule has 0 radical (unpaired) electrons. The SMILES string of the molecule is Cc1cncc(C(=O)N2CCC(CC(=O)N3CCC([C@H]4c5ncc(Br)cc5CCc5cc(Cl)cc(Br)c54)CC3)CC2)c1. The second kappa shape index (κ2) is 12.7. The first-order valence-corrected chi connectivity index (χ1v) is 16.8. The first-order chi connectivity index (χ1) is 20.3. The van der Waals surface area contributed by atoms with Crippen molar-refractivity contribution in [3.63, 3.8) is 0 Å². The van der Waals surface area contributed by atoms with Crippen LogP contribution in [-0.4, -0.2) is 57.8 Å². The Bertz CT molecular complexity index is 1500. The molecule has 6 rings (SSSR count). The number of hydrogen-bond donors (Lipinski definition) is 0. The normalized spacial score (nSPS) is 19.7. The zero-order valence-electron chi connectivity index (χ0n) is 23.8. The monoisotopic (exact) mass is 712 g/mol. The fourth-order valence-electron chi connectivity index (χ4n) is 7.08. The highest BCUT2D eigenvalue weighted by atomic mass is 79.9. The number of hydrogen-bond acceptors (Lipinski definition) is 4. The summed E-state index contributed by atoms with van der Waals surface area (Å²) in [6.45, 7) is 4.86. The molecule has 0 unspecified atom stereocenters. The van der Waals surface area contributed by atoms with E-state index in [-0.39, 0.29) is 17.7 Å². The van der Waals surface area contributed by atoms with E-state index in [1.807, 2.05) is 30.2 Å². The number of nitrogens with zero attached hydrogens (tertiary/aromatic N) is 4. The van der Waals surface area contributed by atoms with Crippen molar-refractivity contribution >= 4 is 55.3 Å². The van der Waals surface area contributed by atoms with Gasteiger partial charge >= 0.3 is 0 Å². The first kappa shape index (κ1) is 29.8. The largest absolute Gasteiger partial charge is 0.343 e. The molecule has 2 fully saturated rings. The van der Waals surface area contributed by atoms with E-state index in [2.05, 4.69) is 53.9 Å². The predicted octanol–water partition coefficient (Wildman–Crippen LogP) is 7.38. The van der Waals surface area contributed by atoms with Crippen LogP contribution in [0, 0.1) is 18.8 Å². The van der Waals surface area contributed by atoms with Crippen molar-refractivity contribution in [3.05, 3.63) is 90.3 Å². The molecule has 2 aromatic heterocycles. The first-order valence-electron chi connectivity index (χ1n) is 14.9. The van der Waals surface area contributed by atoms with Crippen molar-refractivity contribution in [1.29, 1.82) is 0 Å². The van der Waals surface area contributed by atoms with E-state index < -0.39 is 0 Å². The van der Waals surface area contributed by atoms with Gasteiger partial charge < -0.3 is 9.80 Å². The van der Waals surface area contributed by atoms with E-state index in [0.717, 1.165) is 76.8 Å². The number of benzene rings is 1. The fraction of sp³-hybridized carbons (Fsp3) is 0.455. The zero-order chi connectivity index (χ0) is 29.4. The molecule has 6 nitrogen and oxygen atoms in total. The van der Waals surface area contributed by atoms with E-state index in [0.29, 0.717) is 36.9 Å². The average Bonchev–Trinajstić information content (AvgIpc) is 3.14. The summed E-state index contributed by atoms with van der Waals surface area (Å²) in [5, 5.41) is 0.752. The van der Waals surface area contributed by atoms with Crippen molar-refractivity contribution in [2.24, 2.45) is 11.8 Å². The Balaban J connectivity index is 1.09. The maximum Gasteiger partial charge on any atom is 0.255 e. The highest BCUT2D eigenvalue weighted by Crippen LogP contribution is 2.46. The molecule has 3 aromatic rings. The second-order valence-electron chi connectivity index (χ2n) is 12.0. The Hall–Kier alpha value is -2.29. The van der Waals surface area contributed by atoms with Gasteiger partial charge in [0.05, 0.1) is 11.3 Å². The third-order valence-corrected chi connectivity index (χ3v) is 10.6. The molecule has 3 aliphatic rings. The lowest BCUT2D eigenvalue weighted by Gasteiger charge is -2.38. The Morgan fingerprint density at radius 2 is 1.62 bits per heavy atom. The number of aromatic nitrogens is 2. The van der Waals surface area contributed by atoms with Gasteiger partial charge in [-0.15, -0.1) is 0 Å². The Labute approximate surface area is 269 Å². The lowest BCUT2D eigenvalue weighted by atomic mass is 9.76. The average molecular weight is 715 g/mol. The van der Waals surface area contributed by atoms with Crippen LogP contribution in [0.4, 0.5) is 0 Å². The lowest BCUT2D eigenvalue weighted by molar-refractivity contribution is -0.134. The molecule has 1 aliphatic carbocycles. The molecule has 2 saturated heterocycles. The molecule has 4 heterocycles. The van der Waals surface area contributed by atoms with Crippen LogP contribution in [0.1, 0.15) is 76.3 Å². The van der Waals surface area contributed by atoms with E-state index in [9.17, 15) is 9.59 Å². The number of pyridine rings is 2. The van der Waals surface area contributed by atoms with Crippen LogP contribution in [0.3, 0.4) is 0 Å². The summed E-state index contributed by atoms with van der Waals surface area (Å²) in [5.41, 5.74) is 6.67. The Morgan fingerprint density at radius 1 is 0.905 bits per heavy atom. The van der Waals surface area contributed by atoms with Crippen LogP contribution in [0.5, 0.6) is 0 Å². The maximum absolute atomic E-state index is 13.4. The summed E-state index contributed by atoms with van der Waals surface area (Å²) in [6, 6.07) is 8.23. The molecular weight excluding hydrogens is 680 g/mol. The summed E-state index contributed by atoms with van der Waals surface area (Å²) in [7, 11) is 0. The molecule has 42 heavy (non-hydrogen) atoms. The standard InChI is InChI=1S/C33H35Br2ClN4O2/c1-20-12-25(18-37-17-20)33(42)40-8-4-21(5-9-40)13-29(41)39-10-6-22(7-11-39)31-30-23(15-27(36)16-28(30)35)2-3-24-14-26(34)19-38-32(24)31/h12,14-19,21-22,31H,2-11,13H2,1H3/t31-/m1/s1. The summed E-state index contributed by atoms with van der Waals surface area (Å²) >= 11 is 13.9. The molecule has 220 valence electrons. The quantitative estimate of drug-likeness (QED) is 0.283. The van der Waals surface area contributed by atoms with Crippen molar-refractivity contribution in [3.8, 4) is 0 Å². The van der Waals surface area contributed by atoms with Gasteiger partial charge in [0.1, 0.15) is 0 Å². The minimum Gasteiger partial charge on any atom is -0.343 e. The smallest absolute Gasteiger partial charge is 0.255 e. The van der Waals surface area contributed by atoms with E-state index in [1.54, 1.807) is 12.4 Å². The molecule has 0 bridgehead atoms. The number of fused-ring (bicyclic) bond motifs is 2. The molecular formula is C33H35Br2ClN4O2. The maximum atomic E-state index is 13.4. The predicted molar refractivity (Wildman–Crippen MR) is 172 cm³/mol. The van der Waals surface area contributed by atoms with Crippen LogP contribution in [0.2, 0.25) is 5.02 Å². The van der Waals surface area contributed by atoms with Crippen LogP contribution in [0.15, 0.2) is 51.8 Å². The van der Waals surface area contributed by atoms with E-state index >= 15 is 0 Å². The number of rotatable bonds is 4. The molecule has 1 aromatic carbocycles.